The number of halogens is 1. The van der Waals surface area contributed by atoms with Gasteiger partial charge in [0, 0.05) is 30.9 Å². The van der Waals surface area contributed by atoms with Gasteiger partial charge in [-0.1, -0.05) is 0 Å². The number of hydrogen-bond donors (Lipinski definition) is 2. The van der Waals surface area contributed by atoms with Crippen LogP contribution in [0, 0.1) is 15.9 Å². The number of nitrogens with one attached hydrogen (secondary N) is 2. The van der Waals surface area contributed by atoms with Gasteiger partial charge < -0.3 is 10.6 Å². The first-order chi connectivity index (χ1) is 10.1. The van der Waals surface area contributed by atoms with E-state index in [1.165, 1.54) is 6.07 Å². The molecule has 0 bridgehead atoms. The summed E-state index contributed by atoms with van der Waals surface area (Å²) in [6.07, 6.45) is 0.972. The first-order valence-corrected chi connectivity index (χ1v) is 6.73. The van der Waals surface area contributed by atoms with E-state index >= 15 is 0 Å². The Kier molecular flexibility index (Phi) is 5.18. The lowest BCUT2D eigenvalue weighted by Crippen LogP contribution is -2.35. The molecule has 0 saturated carbocycles. The van der Waals surface area contributed by atoms with Crippen LogP contribution >= 0.6 is 0 Å². The van der Waals surface area contributed by atoms with Crippen LogP contribution in [-0.4, -0.2) is 48.5 Å². The number of carbonyl (C=O) groups excluding carboxylic acids is 1. The molecule has 7 nitrogen and oxygen atoms in total. The summed E-state index contributed by atoms with van der Waals surface area (Å²) >= 11 is 0. The van der Waals surface area contributed by atoms with Crippen molar-refractivity contribution in [2.75, 3.05) is 38.0 Å². The van der Waals surface area contributed by atoms with Gasteiger partial charge in [0.25, 0.3) is 0 Å². The minimum atomic E-state index is -0.961. The van der Waals surface area contributed by atoms with Crippen LogP contribution in [0.4, 0.5) is 15.8 Å². The molecule has 8 heteroatoms. The summed E-state index contributed by atoms with van der Waals surface area (Å²) in [7, 11) is 0. The maximum atomic E-state index is 13.5. The monoisotopic (exact) mass is 296 g/mol. The van der Waals surface area contributed by atoms with E-state index in [1.807, 2.05) is 4.90 Å². The molecule has 1 saturated heterocycles. The van der Waals surface area contributed by atoms with Crippen molar-refractivity contribution in [1.29, 1.82) is 0 Å². The Morgan fingerprint density at radius 2 is 2.24 bits per heavy atom. The van der Waals surface area contributed by atoms with Crippen LogP contribution in [0.15, 0.2) is 18.2 Å². The lowest BCUT2D eigenvalue weighted by molar-refractivity contribution is -0.387. The molecular weight excluding hydrogens is 279 g/mol. The van der Waals surface area contributed by atoms with Crippen LogP contribution in [0.25, 0.3) is 0 Å². The van der Waals surface area contributed by atoms with Crippen LogP contribution in [0.5, 0.6) is 0 Å². The molecule has 1 aromatic carbocycles. The number of rotatable bonds is 4. The fourth-order valence-electron chi connectivity index (χ4n) is 2.20. The molecular formula is C13H17FN4O3. The molecule has 21 heavy (non-hydrogen) atoms. The summed E-state index contributed by atoms with van der Waals surface area (Å²) in [5, 5.41) is 16.3. The van der Waals surface area contributed by atoms with Gasteiger partial charge in [0.05, 0.1) is 11.5 Å². The molecule has 2 N–H and O–H groups in total. The maximum absolute atomic E-state index is 13.5. The summed E-state index contributed by atoms with van der Waals surface area (Å²) in [4.78, 5) is 23.6. The molecule has 1 heterocycles. The zero-order chi connectivity index (χ0) is 15.2. The van der Waals surface area contributed by atoms with Crippen molar-refractivity contribution in [3.63, 3.8) is 0 Å². The van der Waals surface area contributed by atoms with E-state index in [9.17, 15) is 19.3 Å². The van der Waals surface area contributed by atoms with E-state index < -0.39 is 16.4 Å². The van der Waals surface area contributed by atoms with Gasteiger partial charge in [0.1, 0.15) is 0 Å². The molecule has 1 aliphatic rings. The van der Waals surface area contributed by atoms with E-state index in [0.717, 1.165) is 44.7 Å². The fourth-order valence-corrected chi connectivity index (χ4v) is 2.20. The van der Waals surface area contributed by atoms with Crippen LogP contribution in [0.3, 0.4) is 0 Å². The Morgan fingerprint density at radius 3 is 2.95 bits per heavy atom. The molecule has 114 valence electrons. The summed E-state index contributed by atoms with van der Waals surface area (Å²) in [6.45, 7) is 3.60. The highest BCUT2D eigenvalue weighted by Gasteiger charge is 2.16. The number of anilines is 1. The Bertz CT molecular complexity index is 530. The summed E-state index contributed by atoms with van der Waals surface area (Å²) in [6, 6.07) is 3.32. The minimum absolute atomic E-state index is 0.219. The Hall–Kier alpha value is -2.06. The number of nitrogens with zero attached hydrogens (tertiary/aromatic N) is 2. The van der Waals surface area contributed by atoms with Gasteiger partial charge in [-0.15, -0.1) is 0 Å². The molecule has 1 amide bonds. The second-order valence-corrected chi connectivity index (χ2v) is 4.85. The molecule has 1 aliphatic heterocycles. The molecule has 1 aromatic rings. The standard InChI is InChI=1S/C13H17FN4O3/c14-11-8-10(2-3-12(11)18(20)21)16-13(19)9-17-6-1-4-15-5-7-17/h2-3,8,15H,1,4-7,9H2,(H,16,19). The molecule has 0 radical (unpaired) electrons. The highest BCUT2D eigenvalue weighted by molar-refractivity contribution is 5.92. The van der Waals surface area contributed by atoms with Crippen LogP contribution in [-0.2, 0) is 4.79 Å². The largest absolute Gasteiger partial charge is 0.325 e. The van der Waals surface area contributed by atoms with Crippen molar-refractivity contribution in [1.82, 2.24) is 10.2 Å². The van der Waals surface area contributed by atoms with Gasteiger partial charge >= 0.3 is 5.69 Å². The topological polar surface area (TPSA) is 87.5 Å². The molecule has 0 atom stereocenters. The third kappa shape index (κ3) is 4.47. The number of amides is 1. The Morgan fingerprint density at radius 1 is 1.43 bits per heavy atom. The number of hydrogen-bond acceptors (Lipinski definition) is 5. The number of carbonyl (C=O) groups is 1. The predicted octanol–water partition coefficient (Wildman–Crippen LogP) is 0.968. The minimum Gasteiger partial charge on any atom is -0.325 e. The molecule has 1 fully saturated rings. The zero-order valence-corrected chi connectivity index (χ0v) is 11.5. The average Bonchev–Trinajstić information content (AvgIpc) is 2.66. The Balaban J connectivity index is 1.93. The second-order valence-electron chi connectivity index (χ2n) is 4.85. The number of benzene rings is 1. The lowest BCUT2D eigenvalue weighted by atomic mass is 10.2. The van der Waals surface area contributed by atoms with Crippen LogP contribution in [0.1, 0.15) is 6.42 Å². The van der Waals surface area contributed by atoms with Gasteiger partial charge in [0.15, 0.2) is 0 Å². The first kappa shape index (κ1) is 15.3. The summed E-state index contributed by atoms with van der Waals surface area (Å²) < 4.78 is 13.5. The van der Waals surface area contributed by atoms with E-state index in [1.54, 1.807) is 0 Å². The quantitative estimate of drug-likeness (QED) is 0.638. The van der Waals surface area contributed by atoms with Gasteiger partial charge in [-0.05, 0) is 25.6 Å². The van der Waals surface area contributed by atoms with Crippen molar-refractivity contribution in [2.45, 2.75) is 6.42 Å². The van der Waals surface area contributed by atoms with E-state index in [0.29, 0.717) is 0 Å². The van der Waals surface area contributed by atoms with Crippen LogP contribution in [0.2, 0.25) is 0 Å². The van der Waals surface area contributed by atoms with Crippen LogP contribution < -0.4 is 10.6 Å². The highest BCUT2D eigenvalue weighted by atomic mass is 19.1. The smallest absolute Gasteiger partial charge is 0.304 e. The molecule has 0 unspecified atom stereocenters. The first-order valence-electron chi connectivity index (χ1n) is 6.73. The Labute approximate surface area is 121 Å². The third-order valence-corrected chi connectivity index (χ3v) is 3.23. The average molecular weight is 296 g/mol. The zero-order valence-electron chi connectivity index (χ0n) is 11.5. The van der Waals surface area contributed by atoms with Gasteiger partial charge in [-0.3, -0.25) is 19.8 Å². The van der Waals surface area contributed by atoms with Crippen molar-refractivity contribution < 1.29 is 14.1 Å². The number of nitro groups is 1. The lowest BCUT2D eigenvalue weighted by Gasteiger charge is -2.18. The predicted molar refractivity (Wildman–Crippen MR) is 75.6 cm³/mol. The van der Waals surface area contributed by atoms with Gasteiger partial charge in [0.2, 0.25) is 11.7 Å². The highest BCUT2D eigenvalue weighted by Crippen LogP contribution is 2.20. The van der Waals surface area contributed by atoms with E-state index in [2.05, 4.69) is 10.6 Å². The van der Waals surface area contributed by atoms with Gasteiger partial charge in [-0.2, -0.15) is 4.39 Å². The normalized spacial score (nSPS) is 16.2. The van der Waals surface area contributed by atoms with Crippen molar-refractivity contribution in [3.05, 3.63) is 34.1 Å². The van der Waals surface area contributed by atoms with Crippen molar-refractivity contribution >= 4 is 17.3 Å². The summed E-state index contributed by atoms with van der Waals surface area (Å²) in [5.74, 6) is -1.22. The molecule has 0 aromatic heterocycles. The van der Waals surface area contributed by atoms with E-state index in [4.69, 9.17) is 0 Å². The fraction of sp³-hybridized carbons (Fsp3) is 0.462. The van der Waals surface area contributed by atoms with E-state index in [-0.39, 0.29) is 18.1 Å². The van der Waals surface area contributed by atoms with Crippen molar-refractivity contribution in [2.24, 2.45) is 0 Å². The molecule has 0 aliphatic carbocycles. The molecule has 0 spiro atoms. The van der Waals surface area contributed by atoms with Crippen molar-refractivity contribution in [3.8, 4) is 0 Å². The SMILES string of the molecule is O=C(CN1CCCNCC1)Nc1ccc([N+](=O)[O-])c(F)c1. The third-order valence-electron chi connectivity index (χ3n) is 3.23. The molecule has 2 rings (SSSR count). The van der Waals surface area contributed by atoms with Gasteiger partial charge in [-0.25, -0.2) is 0 Å². The summed E-state index contributed by atoms with van der Waals surface area (Å²) in [5.41, 5.74) is -0.386. The maximum Gasteiger partial charge on any atom is 0.304 e. The second kappa shape index (κ2) is 7.09. The number of nitro benzene ring substituents is 1.